The SMILES string of the molecule is CCS(=O)(=O)c1ccc([C@H](CCOP(=O)([O-])[O-])NC(=O)c2ccc(N3C[C@@H](Oc4ccc(OC(F)(F)F)cc4)C[C@H]3COC(F)F)cc2)cc1.[Na+].[Na+]. The molecule has 1 aliphatic heterocycles. The summed E-state index contributed by atoms with van der Waals surface area (Å²) in [5.74, 6) is -0.970. The van der Waals surface area contributed by atoms with Gasteiger partial charge in [0, 0.05) is 17.7 Å². The van der Waals surface area contributed by atoms with Crippen LogP contribution in [0.3, 0.4) is 0 Å². The Bertz CT molecular complexity index is 1740. The summed E-state index contributed by atoms with van der Waals surface area (Å²) in [4.78, 5) is 37.0. The summed E-state index contributed by atoms with van der Waals surface area (Å²) in [6, 6.07) is 14.8. The van der Waals surface area contributed by atoms with Crippen LogP contribution in [0, 0.1) is 0 Å². The summed E-state index contributed by atoms with van der Waals surface area (Å²) in [6.45, 7) is -2.31. The smallest absolute Gasteiger partial charge is 0.790 e. The first kappa shape index (κ1) is 46.4. The second-order valence-corrected chi connectivity index (χ2v) is 14.4. The number of nitrogens with zero attached hydrogens (tertiary/aromatic N) is 1. The summed E-state index contributed by atoms with van der Waals surface area (Å²) in [5.41, 5.74) is 1.08. The van der Waals surface area contributed by atoms with Crippen LogP contribution in [0.15, 0.2) is 77.7 Å². The van der Waals surface area contributed by atoms with Crippen LogP contribution in [0.4, 0.5) is 27.6 Å². The molecular weight excluding hydrogens is 764 g/mol. The molecule has 3 aromatic carbocycles. The molecule has 4 rings (SSSR count). The van der Waals surface area contributed by atoms with Crippen molar-refractivity contribution in [2.24, 2.45) is 0 Å². The largest absolute Gasteiger partial charge is 1.00 e. The van der Waals surface area contributed by atoms with Crippen molar-refractivity contribution in [1.82, 2.24) is 5.32 Å². The molecule has 1 amide bonds. The second kappa shape index (κ2) is 20.2. The Labute approximate surface area is 341 Å². The van der Waals surface area contributed by atoms with Crippen molar-refractivity contribution in [1.29, 1.82) is 0 Å². The van der Waals surface area contributed by atoms with Gasteiger partial charge in [-0.1, -0.05) is 19.1 Å². The molecule has 1 N–H and O–H groups in total. The fraction of sp³-hybridized carbons (Fsp3) is 0.387. The molecule has 274 valence electrons. The van der Waals surface area contributed by atoms with Gasteiger partial charge in [0.15, 0.2) is 9.84 Å². The summed E-state index contributed by atoms with van der Waals surface area (Å²) < 4.78 is 117. The third-order valence-corrected chi connectivity index (χ3v) is 9.84. The van der Waals surface area contributed by atoms with E-state index < -0.39 is 67.1 Å². The van der Waals surface area contributed by atoms with Gasteiger partial charge in [-0.25, -0.2) is 8.42 Å². The average Bonchev–Trinajstić information content (AvgIpc) is 3.45. The van der Waals surface area contributed by atoms with Crippen molar-refractivity contribution in [3.05, 3.63) is 83.9 Å². The molecule has 0 radical (unpaired) electrons. The molecule has 0 spiro atoms. The number of benzene rings is 3. The van der Waals surface area contributed by atoms with Crippen LogP contribution in [0.2, 0.25) is 0 Å². The number of phosphoric ester groups is 1. The molecule has 0 bridgehead atoms. The van der Waals surface area contributed by atoms with Crippen LogP contribution in [0.1, 0.15) is 41.7 Å². The fourth-order valence-electron chi connectivity index (χ4n) is 5.25. The Kier molecular flexibility index (Phi) is 18.0. The van der Waals surface area contributed by atoms with Crippen molar-refractivity contribution in [2.75, 3.05) is 30.4 Å². The van der Waals surface area contributed by atoms with Gasteiger partial charge >= 0.3 is 72.1 Å². The Morgan fingerprint density at radius 3 is 2.12 bits per heavy atom. The molecule has 0 aliphatic carbocycles. The number of alkyl halides is 5. The van der Waals surface area contributed by atoms with E-state index >= 15 is 0 Å². The zero-order valence-corrected chi connectivity index (χ0v) is 34.0. The van der Waals surface area contributed by atoms with Gasteiger partial charge in [0.2, 0.25) is 0 Å². The number of anilines is 1. The Morgan fingerprint density at radius 2 is 1.58 bits per heavy atom. The van der Waals surface area contributed by atoms with Gasteiger partial charge in [0.25, 0.3) is 5.91 Å². The number of rotatable bonds is 16. The summed E-state index contributed by atoms with van der Waals surface area (Å²) in [6.07, 6.45) is -5.37. The molecule has 0 saturated carbocycles. The van der Waals surface area contributed by atoms with Gasteiger partial charge in [0.1, 0.15) is 17.6 Å². The number of sulfone groups is 1. The molecule has 3 atom stereocenters. The quantitative estimate of drug-likeness (QED) is 0.100. The van der Waals surface area contributed by atoms with E-state index in [-0.39, 0.29) is 107 Å². The number of amides is 1. The standard InChI is InChI=1S/C31H34F5N2O10PS.2Na/c1-2-50(43,44)27-13-5-20(6-14-27)28(15-16-46-49(40,41)42)37-29(39)21-3-7-22(8-4-21)38-18-26(17-23(38)19-45-30(32)33)47-24-9-11-25(12-10-24)48-31(34,35)36;;/h3-14,23,26,28,30H,2,15-19H2,1H3,(H,37,39)(H2,40,41,42);;/q;2*+1/p-2/t23-,26-,28-;;/m0../s1. The van der Waals surface area contributed by atoms with Gasteiger partial charge in [-0.05, 0) is 72.6 Å². The maximum absolute atomic E-state index is 13.3. The molecule has 21 heteroatoms. The van der Waals surface area contributed by atoms with E-state index in [0.717, 1.165) is 12.1 Å². The summed E-state index contributed by atoms with van der Waals surface area (Å²) >= 11 is 0. The molecule has 0 aromatic heterocycles. The van der Waals surface area contributed by atoms with Crippen LogP contribution in [-0.2, 0) is 23.7 Å². The van der Waals surface area contributed by atoms with Gasteiger partial charge in [-0.3, -0.25) is 4.79 Å². The molecule has 0 unspecified atom stereocenters. The van der Waals surface area contributed by atoms with Crippen LogP contribution >= 0.6 is 7.82 Å². The number of carbonyl (C=O) groups excluding carboxylic acids is 1. The Morgan fingerprint density at radius 1 is 0.981 bits per heavy atom. The fourth-order valence-corrected chi connectivity index (χ4v) is 6.47. The third-order valence-electron chi connectivity index (χ3n) is 7.59. The van der Waals surface area contributed by atoms with Crippen molar-refractivity contribution >= 4 is 29.3 Å². The maximum Gasteiger partial charge on any atom is 1.00 e. The van der Waals surface area contributed by atoms with Crippen molar-refractivity contribution in [3.63, 3.8) is 0 Å². The first-order valence-corrected chi connectivity index (χ1v) is 18.1. The molecule has 1 saturated heterocycles. The predicted octanol–water partition coefficient (Wildman–Crippen LogP) is -1.64. The number of halogens is 5. The number of hydrogen-bond acceptors (Lipinski definition) is 11. The molecule has 12 nitrogen and oxygen atoms in total. The summed E-state index contributed by atoms with van der Waals surface area (Å²) in [7, 11) is -8.82. The molecule has 1 heterocycles. The van der Waals surface area contributed by atoms with E-state index in [1.807, 2.05) is 0 Å². The Balaban J connectivity index is 0.00000468. The monoisotopic (exact) mass is 796 g/mol. The number of carbonyl (C=O) groups is 1. The zero-order chi connectivity index (χ0) is 36.7. The minimum Gasteiger partial charge on any atom is -0.790 e. The first-order valence-electron chi connectivity index (χ1n) is 15.0. The van der Waals surface area contributed by atoms with Crippen LogP contribution < -0.4 is 88.6 Å². The van der Waals surface area contributed by atoms with Gasteiger partial charge in [-0.15, -0.1) is 13.2 Å². The molecule has 3 aromatic rings. The second-order valence-electron chi connectivity index (χ2n) is 11.0. The van der Waals surface area contributed by atoms with Crippen molar-refractivity contribution < 1.29 is 127 Å². The molecular formula is C31H32F5N2Na2O10PS. The number of ether oxygens (including phenoxy) is 3. The number of phosphoric acid groups is 1. The predicted molar refractivity (Wildman–Crippen MR) is 164 cm³/mol. The van der Waals surface area contributed by atoms with Crippen molar-refractivity contribution in [2.45, 2.75) is 55.8 Å². The van der Waals surface area contributed by atoms with E-state index in [2.05, 4.69) is 19.3 Å². The van der Waals surface area contributed by atoms with E-state index in [9.17, 15) is 49.5 Å². The summed E-state index contributed by atoms with van der Waals surface area (Å²) in [5, 5.41) is 2.72. The minimum atomic E-state index is -5.30. The maximum atomic E-state index is 13.3. The van der Waals surface area contributed by atoms with Gasteiger partial charge in [0.05, 0.1) is 50.3 Å². The van der Waals surface area contributed by atoms with E-state index in [4.69, 9.17) is 4.74 Å². The molecule has 52 heavy (non-hydrogen) atoms. The first-order chi connectivity index (χ1) is 23.4. The van der Waals surface area contributed by atoms with Crippen LogP contribution in [-0.4, -0.2) is 65.0 Å². The van der Waals surface area contributed by atoms with E-state index in [0.29, 0.717) is 11.3 Å². The van der Waals surface area contributed by atoms with Crippen LogP contribution in [0.5, 0.6) is 11.5 Å². The van der Waals surface area contributed by atoms with Crippen molar-refractivity contribution in [3.8, 4) is 11.5 Å². The van der Waals surface area contributed by atoms with Gasteiger partial charge in [-0.2, -0.15) is 8.78 Å². The van der Waals surface area contributed by atoms with Gasteiger partial charge < -0.3 is 43.3 Å². The topological polar surface area (TPSA) is 167 Å². The Hall–Kier alpha value is -1.80. The minimum absolute atomic E-state index is 0. The number of hydrogen-bond donors (Lipinski definition) is 1. The van der Waals surface area contributed by atoms with E-state index in [1.54, 1.807) is 17.0 Å². The number of nitrogens with one attached hydrogen (secondary N) is 1. The normalized spacial score (nSPS) is 16.8. The molecule has 1 aliphatic rings. The van der Waals surface area contributed by atoms with Crippen LogP contribution in [0.25, 0.3) is 0 Å². The third kappa shape index (κ3) is 14.5. The average molecular weight is 797 g/mol. The molecule has 1 fully saturated rings. The zero-order valence-electron chi connectivity index (χ0n) is 28.3. The van der Waals surface area contributed by atoms with E-state index in [1.165, 1.54) is 55.5 Å².